The normalized spacial score (nSPS) is 32.0. The second-order valence-electron chi connectivity index (χ2n) is 4.16. The van der Waals surface area contributed by atoms with E-state index in [2.05, 4.69) is 0 Å². The predicted molar refractivity (Wildman–Crippen MR) is 76.4 cm³/mol. The van der Waals surface area contributed by atoms with Gasteiger partial charge < -0.3 is 0 Å². The topological polar surface area (TPSA) is 34.1 Å². The maximum Gasteiger partial charge on any atom is 0.178 e. The molecule has 0 N–H and O–H groups in total. The van der Waals surface area contributed by atoms with Crippen molar-refractivity contribution in [3.63, 3.8) is 0 Å². The van der Waals surface area contributed by atoms with Crippen LogP contribution in [0.3, 0.4) is 0 Å². The SMILES string of the molecule is O=C1/C=C/C=C\C=C2/C=CC=CC2C(=O)/C=C/C=C/1. The van der Waals surface area contributed by atoms with Crippen LogP contribution in [-0.2, 0) is 9.59 Å². The minimum absolute atomic E-state index is 0.00422. The molecule has 1 atom stereocenters. The van der Waals surface area contributed by atoms with Crippen molar-refractivity contribution < 1.29 is 9.59 Å². The summed E-state index contributed by atoms with van der Waals surface area (Å²) in [4.78, 5) is 23.4. The highest BCUT2D eigenvalue weighted by atomic mass is 16.1. The van der Waals surface area contributed by atoms with Crippen molar-refractivity contribution in [3.05, 3.63) is 84.6 Å². The molecule has 94 valence electrons. The number of hydrogen-bond acceptors (Lipinski definition) is 2. The van der Waals surface area contributed by atoms with E-state index < -0.39 is 0 Å². The Hall–Kier alpha value is -2.48. The molecule has 0 heterocycles. The maximum atomic E-state index is 12.1. The standard InChI is InChI=1S/C17H14O2/c18-15-10-3-1-2-8-14-9-4-6-12-16(14)17(19)13-7-5-11-15/h1-13,16H/b2-1-,10-3+,11-5+,13-7+,14-8+. The van der Waals surface area contributed by atoms with E-state index in [1.54, 1.807) is 24.3 Å². The van der Waals surface area contributed by atoms with Gasteiger partial charge in [0.2, 0.25) is 0 Å². The molecule has 0 amide bonds. The molecule has 0 aromatic rings. The van der Waals surface area contributed by atoms with E-state index in [-0.39, 0.29) is 17.5 Å². The van der Waals surface area contributed by atoms with Gasteiger partial charge in [-0.3, -0.25) is 9.59 Å². The van der Waals surface area contributed by atoms with Gasteiger partial charge in [-0.1, -0.05) is 60.8 Å². The van der Waals surface area contributed by atoms with Gasteiger partial charge in [0.1, 0.15) is 0 Å². The summed E-state index contributed by atoms with van der Waals surface area (Å²) in [5.41, 5.74) is 0.941. The summed E-state index contributed by atoms with van der Waals surface area (Å²) in [6.07, 6.45) is 22.3. The Morgan fingerprint density at radius 1 is 0.684 bits per heavy atom. The Kier molecular flexibility index (Phi) is 4.40. The molecular formula is C17H14O2. The summed E-state index contributed by atoms with van der Waals surface area (Å²) in [5, 5.41) is 0. The van der Waals surface area contributed by atoms with E-state index in [1.807, 2.05) is 36.5 Å². The summed E-state index contributed by atoms with van der Waals surface area (Å²) in [7, 11) is 0. The smallest absolute Gasteiger partial charge is 0.178 e. The van der Waals surface area contributed by atoms with Crippen molar-refractivity contribution in [2.45, 2.75) is 0 Å². The zero-order valence-electron chi connectivity index (χ0n) is 10.4. The van der Waals surface area contributed by atoms with Crippen molar-refractivity contribution in [2.24, 2.45) is 5.92 Å². The number of rotatable bonds is 0. The Morgan fingerprint density at radius 3 is 2.21 bits per heavy atom. The molecule has 0 radical (unpaired) electrons. The van der Waals surface area contributed by atoms with E-state index in [0.717, 1.165) is 5.57 Å². The van der Waals surface area contributed by atoms with Gasteiger partial charge in [-0.05, 0) is 23.8 Å². The van der Waals surface area contributed by atoms with Gasteiger partial charge in [-0.15, -0.1) is 0 Å². The Morgan fingerprint density at radius 2 is 1.37 bits per heavy atom. The first-order chi connectivity index (χ1) is 9.27. The molecule has 0 aliphatic heterocycles. The molecule has 2 aliphatic rings. The molecule has 0 bridgehead atoms. The van der Waals surface area contributed by atoms with E-state index in [0.29, 0.717) is 0 Å². The first kappa shape index (κ1) is 13.0. The van der Waals surface area contributed by atoms with E-state index in [9.17, 15) is 9.59 Å². The summed E-state index contributed by atoms with van der Waals surface area (Å²) in [6, 6.07) is 0. The van der Waals surface area contributed by atoms with E-state index in [4.69, 9.17) is 0 Å². The molecule has 2 aliphatic carbocycles. The average molecular weight is 250 g/mol. The molecule has 1 unspecified atom stereocenters. The maximum absolute atomic E-state index is 12.1. The van der Waals surface area contributed by atoms with Crippen LogP contribution in [0.25, 0.3) is 0 Å². The van der Waals surface area contributed by atoms with Crippen molar-refractivity contribution in [1.82, 2.24) is 0 Å². The molecule has 0 aromatic heterocycles. The van der Waals surface area contributed by atoms with E-state index >= 15 is 0 Å². The van der Waals surface area contributed by atoms with Gasteiger partial charge in [-0.2, -0.15) is 0 Å². The van der Waals surface area contributed by atoms with Crippen LogP contribution in [0.5, 0.6) is 0 Å². The minimum atomic E-state index is -0.250. The minimum Gasteiger partial charge on any atom is -0.294 e. The van der Waals surface area contributed by atoms with Gasteiger partial charge >= 0.3 is 0 Å². The molecule has 0 aromatic carbocycles. The first-order valence-electron chi connectivity index (χ1n) is 6.10. The van der Waals surface area contributed by atoms with Crippen molar-refractivity contribution in [3.8, 4) is 0 Å². The molecule has 0 saturated carbocycles. The fourth-order valence-electron chi connectivity index (χ4n) is 1.82. The largest absolute Gasteiger partial charge is 0.294 e. The highest BCUT2D eigenvalue weighted by Gasteiger charge is 2.16. The number of carbonyl (C=O) groups is 2. The molecule has 0 spiro atoms. The Bertz CT molecular complexity index is 578. The lowest BCUT2D eigenvalue weighted by Gasteiger charge is -2.13. The molecule has 2 rings (SSSR count). The third-order valence-electron chi connectivity index (χ3n) is 2.77. The molecule has 19 heavy (non-hydrogen) atoms. The quantitative estimate of drug-likeness (QED) is 0.662. The highest BCUT2D eigenvalue weighted by molar-refractivity contribution is 6.00. The first-order valence-corrected chi connectivity index (χ1v) is 6.10. The lowest BCUT2D eigenvalue weighted by atomic mass is 9.90. The van der Waals surface area contributed by atoms with Crippen LogP contribution in [-0.4, -0.2) is 11.6 Å². The fraction of sp³-hybridized carbons (Fsp3) is 0.0588. The van der Waals surface area contributed by atoms with Crippen LogP contribution < -0.4 is 0 Å². The van der Waals surface area contributed by atoms with Crippen LogP contribution >= 0.6 is 0 Å². The highest BCUT2D eigenvalue weighted by Crippen LogP contribution is 2.20. The summed E-state index contributed by atoms with van der Waals surface area (Å²) >= 11 is 0. The van der Waals surface area contributed by atoms with Crippen LogP contribution in [0, 0.1) is 5.92 Å². The molecule has 0 fully saturated rings. The summed E-state index contributed by atoms with van der Waals surface area (Å²) < 4.78 is 0. The molecule has 2 heteroatoms. The van der Waals surface area contributed by atoms with Gasteiger partial charge in [0.25, 0.3) is 0 Å². The number of allylic oxidation sites excluding steroid dienone is 14. The second-order valence-corrected chi connectivity index (χ2v) is 4.16. The van der Waals surface area contributed by atoms with Gasteiger partial charge in [0, 0.05) is 0 Å². The third kappa shape index (κ3) is 3.75. The van der Waals surface area contributed by atoms with Gasteiger partial charge in [0.05, 0.1) is 5.92 Å². The van der Waals surface area contributed by atoms with Gasteiger partial charge in [0.15, 0.2) is 11.6 Å². The second kappa shape index (κ2) is 6.45. The fourth-order valence-corrected chi connectivity index (χ4v) is 1.82. The van der Waals surface area contributed by atoms with Crippen LogP contribution in [0.15, 0.2) is 84.6 Å². The van der Waals surface area contributed by atoms with Crippen molar-refractivity contribution in [2.75, 3.05) is 0 Å². The lowest BCUT2D eigenvalue weighted by molar-refractivity contribution is -0.116. The summed E-state index contributed by atoms with van der Waals surface area (Å²) in [5.74, 6) is -0.352. The predicted octanol–water partition coefficient (Wildman–Crippen LogP) is 3.03. The molecule has 0 saturated heterocycles. The number of ketones is 2. The average Bonchev–Trinajstić information content (AvgIpc) is 2.44. The van der Waals surface area contributed by atoms with E-state index in [1.165, 1.54) is 18.2 Å². The van der Waals surface area contributed by atoms with Crippen LogP contribution in [0.2, 0.25) is 0 Å². The monoisotopic (exact) mass is 250 g/mol. The third-order valence-corrected chi connectivity index (χ3v) is 2.77. The molecular weight excluding hydrogens is 236 g/mol. The van der Waals surface area contributed by atoms with Crippen LogP contribution in [0.1, 0.15) is 0 Å². The molecule has 2 nitrogen and oxygen atoms in total. The zero-order chi connectivity index (χ0) is 13.5. The van der Waals surface area contributed by atoms with Crippen molar-refractivity contribution >= 4 is 11.6 Å². The Balaban J connectivity index is 2.34. The van der Waals surface area contributed by atoms with Gasteiger partial charge in [-0.25, -0.2) is 0 Å². The van der Waals surface area contributed by atoms with Crippen LogP contribution in [0.4, 0.5) is 0 Å². The number of hydrogen-bond donors (Lipinski definition) is 0. The number of carbonyl (C=O) groups excluding carboxylic acids is 2. The zero-order valence-corrected chi connectivity index (χ0v) is 10.4. The lowest BCUT2D eigenvalue weighted by Crippen LogP contribution is -2.12. The Labute approximate surface area is 112 Å². The summed E-state index contributed by atoms with van der Waals surface area (Å²) in [6.45, 7) is 0. The van der Waals surface area contributed by atoms with Crippen molar-refractivity contribution in [1.29, 1.82) is 0 Å². The number of fused-ring (bicyclic) bond motifs is 1.